The lowest BCUT2D eigenvalue weighted by Crippen LogP contribution is -2.16. The third-order valence-electron chi connectivity index (χ3n) is 2.77. The van der Waals surface area contributed by atoms with Gasteiger partial charge in [-0.1, -0.05) is 6.07 Å². The molecule has 0 fully saturated rings. The molecule has 0 atom stereocenters. The smallest absolute Gasteiger partial charge is 0.312 e. The molecule has 0 saturated carbocycles. The summed E-state index contributed by atoms with van der Waals surface area (Å²) in [5.41, 5.74) is 5.53. The van der Waals surface area contributed by atoms with Crippen LogP contribution < -0.4 is 10.5 Å². The minimum atomic E-state index is -4.13. The molecule has 0 unspecified atom stereocenters. The van der Waals surface area contributed by atoms with Crippen molar-refractivity contribution >= 4 is 27.1 Å². The topological polar surface area (TPSA) is 128 Å². The number of nitro benzene ring substituents is 1. The van der Waals surface area contributed by atoms with Crippen LogP contribution in [0.3, 0.4) is 0 Å². The highest BCUT2D eigenvalue weighted by molar-refractivity contribution is 7.92. The Kier molecular flexibility index (Phi) is 3.76. The van der Waals surface area contributed by atoms with E-state index in [0.717, 1.165) is 6.07 Å². The van der Waals surface area contributed by atoms with E-state index in [1.165, 1.54) is 30.6 Å². The zero-order chi connectivity index (χ0) is 15.6. The summed E-state index contributed by atoms with van der Waals surface area (Å²) in [7, 11) is -4.13. The third kappa shape index (κ3) is 2.92. The van der Waals surface area contributed by atoms with E-state index in [0.29, 0.717) is 11.3 Å². The number of aromatic nitrogens is 1. The van der Waals surface area contributed by atoms with E-state index in [2.05, 4.69) is 9.71 Å². The van der Waals surface area contributed by atoms with Gasteiger partial charge in [0.1, 0.15) is 5.69 Å². The Hall–Kier alpha value is -2.68. The summed E-state index contributed by atoms with van der Waals surface area (Å²) in [5.74, 6) is 0. The summed E-state index contributed by atoms with van der Waals surface area (Å²) in [4.78, 5) is 13.6. The lowest BCUT2D eigenvalue weighted by molar-refractivity contribution is -0.386. The number of nitrogen functional groups attached to an aromatic ring is 1. The second-order valence-corrected chi connectivity index (χ2v) is 5.90. The third-order valence-corrected chi connectivity index (χ3v) is 4.16. The van der Waals surface area contributed by atoms with Crippen LogP contribution in [0.25, 0.3) is 0 Å². The number of hydrogen-bond donors (Lipinski definition) is 2. The number of para-hydroxylation sites is 1. The van der Waals surface area contributed by atoms with Gasteiger partial charge in [0, 0.05) is 12.4 Å². The van der Waals surface area contributed by atoms with Gasteiger partial charge in [-0.15, -0.1) is 0 Å². The summed E-state index contributed by atoms with van der Waals surface area (Å²) in [6, 6.07) is 5.21. The predicted molar refractivity (Wildman–Crippen MR) is 77.3 cm³/mol. The van der Waals surface area contributed by atoms with Crippen molar-refractivity contribution in [2.45, 2.75) is 11.8 Å². The highest BCUT2D eigenvalue weighted by atomic mass is 32.2. The highest BCUT2D eigenvalue weighted by Crippen LogP contribution is 2.31. The molecule has 2 rings (SSSR count). The van der Waals surface area contributed by atoms with Crippen molar-refractivity contribution in [3.63, 3.8) is 0 Å². The van der Waals surface area contributed by atoms with Gasteiger partial charge >= 0.3 is 5.69 Å². The Morgan fingerprint density at radius 3 is 2.67 bits per heavy atom. The molecule has 0 bridgehead atoms. The fraction of sp³-hybridized carbons (Fsp3) is 0.0833. The maximum Gasteiger partial charge on any atom is 0.312 e. The molecule has 0 spiro atoms. The van der Waals surface area contributed by atoms with Crippen molar-refractivity contribution in [2.75, 3.05) is 10.5 Å². The monoisotopic (exact) mass is 308 g/mol. The number of pyridine rings is 1. The van der Waals surface area contributed by atoms with E-state index >= 15 is 0 Å². The Bertz CT molecular complexity index is 805. The standard InChI is InChI=1S/C12H12N4O4S/c1-8-7-14-6-5-10(8)15-21(19,20)11-4-2-3-9(13)12(11)16(17)18/h2-7H,13H2,1H3,(H,14,15). The van der Waals surface area contributed by atoms with Crippen LogP contribution >= 0.6 is 0 Å². The van der Waals surface area contributed by atoms with Crippen molar-refractivity contribution in [2.24, 2.45) is 0 Å². The summed E-state index contributed by atoms with van der Waals surface area (Å²) >= 11 is 0. The average Bonchev–Trinajstić information content (AvgIpc) is 2.40. The molecule has 2 aromatic rings. The van der Waals surface area contributed by atoms with Crippen molar-refractivity contribution in [3.05, 3.63) is 52.3 Å². The van der Waals surface area contributed by atoms with Gasteiger partial charge in [-0.05, 0) is 30.7 Å². The lowest BCUT2D eigenvalue weighted by atomic mass is 10.3. The fourth-order valence-electron chi connectivity index (χ4n) is 1.74. The summed E-state index contributed by atoms with van der Waals surface area (Å²) in [6.45, 7) is 1.67. The zero-order valence-electron chi connectivity index (χ0n) is 11.0. The van der Waals surface area contributed by atoms with Gasteiger partial charge in [-0.3, -0.25) is 19.8 Å². The second kappa shape index (κ2) is 5.37. The molecular formula is C12H12N4O4S. The van der Waals surface area contributed by atoms with E-state index in [1.54, 1.807) is 6.92 Å². The average molecular weight is 308 g/mol. The zero-order valence-corrected chi connectivity index (χ0v) is 11.8. The summed E-state index contributed by atoms with van der Waals surface area (Å²) < 4.78 is 27.0. The summed E-state index contributed by atoms with van der Waals surface area (Å²) in [6.07, 6.45) is 2.89. The maximum absolute atomic E-state index is 12.3. The normalized spacial score (nSPS) is 11.1. The van der Waals surface area contributed by atoms with E-state index < -0.39 is 25.5 Å². The first kappa shape index (κ1) is 14.7. The van der Waals surface area contributed by atoms with Gasteiger partial charge in [0.15, 0.2) is 4.90 Å². The Morgan fingerprint density at radius 2 is 2.05 bits per heavy atom. The van der Waals surface area contributed by atoms with Crippen LogP contribution in [0, 0.1) is 17.0 Å². The Morgan fingerprint density at radius 1 is 1.33 bits per heavy atom. The SMILES string of the molecule is Cc1cnccc1NS(=O)(=O)c1cccc(N)c1[N+](=O)[O-]. The first-order valence-corrected chi connectivity index (χ1v) is 7.27. The molecular weight excluding hydrogens is 296 g/mol. The Labute approximate surface area is 120 Å². The molecule has 21 heavy (non-hydrogen) atoms. The maximum atomic E-state index is 12.3. The molecule has 8 nitrogen and oxygen atoms in total. The van der Waals surface area contributed by atoms with Crippen LogP contribution in [0.1, 0.15) is 5.56 Å². The molecule has 1 aromatic heterocycles. The summed E-state index contributed by atoms with van der Waals surface area (Å²) in [5, 5.41) is 11.0. The van der Waals surface area contributed by atoms with E-state index in [-0.39, 0.29) is 5.69 Å². The van der Waals surface area contributed by atoms with Crippen LogP contribution in [0.15, 0.2) is 41.6 Å². The van der Waals surface area contributed by atoms with Crippen LogP contribution in [0.5, 0.6) is 0 Å². The predicted octanol–water partition coefficient (Wildman–Crippen LogP) is 1.68. The molecule has 0 aliphatic carbocycles. The molecule has 0 saturated heterocycles. The molecule has 0 aliphatic rings. The first-order chi connectivity index (χ1) is 9.83. The van der Waals surface area contributed by atoms with Crippen LogP contribution in [-0.2, 0) is 10.0 Å². The van der Waals surface area contributed by atoms with E-state index in [1.807, 2.05) is 0 Å². The van der Waals surface area contributed by atoms with Crippen LogP contribution in [-0.4, -0.2) is 18.3 Å². The molecule has 0 radical (unpaired) electrons. The lowest BCUT2D eigenvalue weighted by Gasteiger charge is -2.10. The number of nitrogens with zero attached hydrogens (tertiary/aromatic N) is 2. The van der Waals surface area contributed by atoms with Gasteiger partial charge in [0.2, 0.25) is 0 Å². The van der Waals surface area contributed by atoms with E-state index in [4.69, 9.17) is 5.73 Å². The molecule has 110 valence electrons. The molecule has 1 heterocycles. The number of anilines is 2. The largest absolute Gasteiger partial charge is 0.393 e. The van der Waals surface area contributed by atoms with Gasteiger partial charge in [0.05, 0.1) is 10.6 Å². The fourth-order valence-corrected chi connectivity index (χ4v) is 3.07. The molecule has 0 amide bonds. The van der Waals surface area contributed by atoms with Crippen molar-refractivity contribution in [3.8, 4) is 0 Å². The molecule has 9 heteroatoms. The van der Waals surface area contributed by atoms with Crippen LogP contribution in [0.2, 0.25) is 0 Å². The van der Waals surface area contributed by atoms with Crippen molar-refractivity contribution < 1.29 is 13.3 Å². The van der Waals surface area contributed by atoms with Crippen LogP contribution in [0.4, 0.5) is 17.1 Å². The number of nitrogens with two attached hydrogens (primary N) is 1. The van der Waals surface area contributed by atoms with E-state index in [9.17, 15) is 18.5 Å². The van der Waals surface area contributed by atoms with Gasteiger partial charge in [-0.25, -0.2) is 8.42 Å². The Balaban J connectivity index is 2.53. The van der Waals surface area contributed by atoms with Gasteiger partial charge < -0.3 is 5.73 Å². The number of nitrogens with one attached hydrogen (secondary N) is 1. The first-order valence-electron chi connectivity index (χ1n) is 5.79. The minimum absolute atomic E-state index is 0.214. The minimum Gasteiger partial charge on any atom is -0.393 e. The number of hydrogen-bond acceptors (Lipinski definition) is 6. The molecule has 1 aromatic carbocycles. The van der Waals surface area contributed by atoms with Gasteiger partial charge in [-0.2, -0.15) is 0 Å². The number of sulfonamides is 1. The van der Waals surface area contributed by atoms with Crippen molar-refractivity contribution in [1.29, 1.82) is 0 Å². The van der Waals surface area contributed by atoms with Crippen molar-refractivity contribution in [1.82, 2.24) is 4.98 Å². The number of aryl methyl sites for hydroxylation is 1. The number of benzene rings is 1. The second-order valence-electron chi connectivity index (χ2n) is 4.25. The molecule has 3 N–H and O–H groups in total. The quantitative estimate of drug-likeness (QED) is 0.502. The highest BCUT2D eigenvalue weighted by Gasteiger charge is 2.28. The number of rotatable bonds is 4. The van der Waals surface area contributed by atoms with Gasteiger partial charge in [0.25, 0.3) is 10.0 Å². The molecule has 0 aliphatic heterocycles. The number of nitro groups is 1.